The summed E-state index contributed by atoms with van der Waals surface area (Å²) in [5.41, 5.74) is -0.00838. The number of aromatic nitrogens is 2. The number of nitrogens with zero attached hydrogens (tertiary/aromatic N) is 4. The molecule has 10 nitrogen and oxygen atoms in total. The summed E-state index contributed by atoms with van der Waals surface area (Å²) >= 11 is 7.60. The Labute approximate surface area is 371 Å². The number of thioether (sulfide) groups is 1. The summed E-state index contributed by atoms with van der Waals surface area (Å²) in [6, 6.07) is 28.2. The Morgan fingerprint density at radius 3 is 2.34 bits per heavy atom. The highest BCUT2D eigenvalue weighted by molar-refractivity contribution is 7.99. The van der Waals surface area contributed by atoms with Gasteiger partial charge in [-0.05, 0) is 118 Å². The van der Waals surface area contributed by atoms with Gasteiger partial charge in [0.25, 0.3) is 19.9 Å². The Hall–Kier alpha value is -4.45. The minimum absolute atomic E-state index is 0.00647. The molecule has 1 aromatic heterocycles. The van der Waals surface area contributed by atoms with Crippen LogP contribution < -0.4 is 10.0 Å². The normalized spacial score (nSPS) is 16.8. The van der Waals surface area contributed by atoms with Gasteiger partial charge < -0.3 is 10.2 Å². The Bertz CT molecular complexity index is 2610. The first-order chi connectivity index (χ1) is 29.6. The van der Waals surface area contributed by atoms with Crippen LogP contribution in [0.25, 0.3) is 17.2 Å². The Morgan fingerprint density at radius 1 is 0.919 bits per heavy atom. The molecule has 5 aromatic rings. The van der Waals surface area contributed by atoms with Crippen molar-refractivity contribution in [3.05, 3.63) is 131 Å². The number of allylic oxidation sites excluding steroid dienone is 1. The summed E-state index contributed by atoms with van der Waals surface area (Å²) in [7, 11) is -6.89. The third kappa shape index (κ3) is 11.0. The number of nitrogens with one attached hydrogen (secondary N) is 2. The van der Waals surface area contributed by atoms with E-state index in [9.17, 15) is 30.0 Å². The Kier molecular flexibility index (Phi) is 14.3. The fourth-order valence-electron chi connectivity index (χ4n) is 7.86. The molecule has 1 aliphatic heterocycles. The van der Waals surface area contributed by atoms with Crippen molar-refractivity contribution in [1.82, 2.24) is 19.8 Å². The molecule has 0 spiro atoms. The zero-order chi connectivity index (χ0) is 44.1. The van der Waals surface area contributed by atoms with Gasteiger partial charge in [0.05, 0.1) is 16.3 Å². The molecule has 1 saturated carbocycles. The number of sulfonamides is 1. The quantitative estimate of drug-likeness (QED) is 0.0982. The molecule has 2 aliphatic rings. The van der Waals surface area contributed by atoms with E-state index in [1.54, 1.807) is 0 Å². The molecule has 0 radical (unpaired) electrons. The fraction of sp³-hybridized carbons (Fsp3) is 0.333. The maximum absolute atomic E-state index is 14.2. The first-order valence-electron chi connectivity index (χ1n) is 20.3. The van der Waals surface area contributed by atoms with Crippen LogP contribution >= 0.6 is 23.4 Å². The van der Waals surface area contributed by atoms with Gasteiger partial charge in [0.2, 0.25) is 0 Å². The lowest BCUT2D eigenvalue weighted by atomic mass is 9.87. The summed E-state index contributed by atoms with van der Waals surface area (Å²) in [5.74, 6) is 0.410. The van der Waals surface area contributed by atoms with Gasteiger partial charge in [-0.2, -0.15) is 13.2 Å². The highest BCUT2D eigenvalue weighted by atomic mass is 35.5. The topological polar surface area (TPSA) is 125 Å². The maximum atomic E-state index is 14.2. The van der Waals surface area contributed by atoms with Crippen molar-refractivity contribution < 1.29 is 30.0 Å². The first kappa shape index (κ1) is 45.6. The number of hydrogen-bond donors (Lipinski definition) is 2. The van der Waals surface area contributed by atoms with Crippen molar-refractivity contribution in [3.63, 3.8) is 0 Å². The largest absolute Gasteiger partial charge is 0.501 e. The number of rotatable bonds is 15. The molecule has 1 atom stereocenters. The molecule has 1 aliphatic carbocycles. The van der Waals surface area contributed by atoms with Crippen LogP contribution in [-0.2, 0) is 32.8 Å². The molecule has 4 aromatic carbocycles. The second kappa shape index (κ2) is 19.5. The van der Waals surface area contributed by atoms with Crippen LogP contribution in [0.5, 0.6) is 0 Å². The number of fused-ring (bicyclic) bond motifs is 1. The second-order valence-corrected chi connectivity index (χ2v) is 20.9. The number of benzene rings is 4. The lowest BCUT2D eigenvalue weighted by Crippen LogP contribution is -2.41. The van der Waals surface area contributed by atoms with E-state index in [4.69, 9.17) is 11.6 Å². The Balaban J connectivity index is 1.06. The number of halogens is 4. The summed E-state index contributed by atoms with van der Waals surface area (Å²) in [6.07, 6.45) is 8.22. The Morgan fingerprint density at radius 2 is 1.63 bits per heavy atom. The van der Waals surface area contributed by atoms with Crippen molar-refractivity contribution >= 4 is 60.8 Å². The molecule has 1 fully saturated rings. The lowest BCUT2D eigenvalue weighted by Gasteiger charge is -2.38. The molecule has 2 N–H and O–H groups in total. The standard InChI is InChI=1S/C45H48ClF3N6O4S3/c1-54(2)24-22-35(29-60-37-9-4-3-5-10-37)52-41-21-20-38(27-43(41)61(56,57)45(47,48)49)62(58,59)53-44-40-23-25-55(28-42(40)50-30-51-44)36-18-12-31(13-19-36)26-33-8-6-7-11-39(33)32-14-16-34(46)17-15-32/h3-11,14-17,20-21,26-27,30,35-36,52H,12-13,18-19,22-25,28-29H2,1-2H3,(H,50,51,53)/t35-,36?/m1/s1. The number of alkyl halides is 3. The number of anilines is 2. The zero-order valence-corrected chi connectivity index (χ0v) is 37.5. The molecule has 0 saturated heterocycles. The number of hydrogen-bond acceptors (Lipinski definition) is 10. The molecule has 0 unspecified atom stereocenters. The summed E-state index contributed by atoms with van der Waals surface area (Å²) in [6.45, 7) is 1.66. The molecular weight excluding hydrogens is 877 g/mol. The average molecular weight is 926 g/mol. The third-order valence-corrected chi connectivity index (χ3v) is 15.5. The minimum atomic E-state index is -5.98. The van der Waals surface area contributed by atoms with Crippen LogP contribution in [0, 0.1) is 0 Å². The van der Waals surface area contributed by atoms with Gasteiger partial charge in [0, 0.05) is 46.4 Å². The van der Waals surface area contributed by atoms with Gasteiger partial charge in [-0.15, -0.1) is 11.8 Å². The number of sulfone groups is 1. The van der Waals surface area contributed by atoms with Gasteiger partial charge in [-0.1, -0.05) is 77.8 Å². The van der Waals surface area contributed by atoms with Gasteiger partial charge in [-0.25, -0.2) is 26.8 Å². The van der Waals surface area contributed by atoms with Crippen LogP contribution in [0.1, 0.15) is 48.9 Å². The van der Waals surface area contributed by atoms with E-state index < -0.39 is 41.2 Å². The van der Waals surface area contributed by atoms with E-state index in [0.717, 1.165) is 59.4 Å². The van der Waals surface area contributed by atoms with E-state index in [-0.39, 0.29) is 11.5 Å². The van der Waals surface area contributed by atoms with Gasteiger partial charge in [0.1, 0.15) is 17.0 Å². The van der Waals surface area contributed by atoms with Crippen molar-refractivity contribution in [3.8, 4) is 11.1 Å². The van der Waals surface area contributed by atoms with Crippen LogP contribution in [0.4, 0.5) is 24.7 Å². The zero-order valence-electron chi connectivity index (χ0n) is 34.3. The predicted octanol–water partition coefficient (Wildman–Crippen LogP) is 9.80. The highest BCUT2D eigenvalue weighted by Crippen LogP contribution is 2.38. The fourth-order valence-corrected chi connectivity index (χ4v) is 11.1. The van der Waals surface area contributed by atoms with Crippen molar-refractivity contribution in [2.45, 2.75) is 77.3 Å². The molecule has 328 valence electrons. The average Bonchev–Trinajstić information content (AvgIpc) is 3.25. The molecule has 0 amide bonds. The highest BCUT2D eigenvalue weighted by Gasteiger charge is 2.48. The molecule has 17 heteroatoms. The van der Waals surface area contributed by atoms with E-state index in [1.165, 1.54) is 23.7 Å². The smallest absolute Gasteiger partial charge is 0.380 e. The molecule has 62 heavy (non-hydrogen) atoms. The van der Waals surface area contributed by atoms with Gasteiger partial charge >= 0.3 is 5.51 Å². The third-order valence-electron chi connectivity index (χ3n) is 11.2. The molecular formula is C45H48ClF3N6O4S3. The molecule has 0 bridgehead atoms. The summed E-state index contributed by atoms with van der Waals surface area (Å²) < 4.78 is 98.8. The van der Waals surface area contributed by atoms with Gasteiger partial charge in [-0.3, -0.25) is 9.62 Å². The van der Waals surface area contributed by atoms with Crippen LogP contribution in [-0.4, -0.2) is 87.1 Å². The van der Waals surface area contributed by atoms with Crippen LogP contribution in [0.2, 0.25) is 5.02 Å². The minimum Gasteiger partial charge on any atom is -0.380 e. The first-order valence-corrected chi connectivity index (χ1v) is 24.6. The monoisotopic (exact) mass is 924 g/mol. The maximum Gasteiger partial charge on any atom is 0.501 e. The summed E-state index contributed by atoms with van der Waals surface area (Å²) in [4.78, 5) is 12.1. The molecule has 2 heterocycles. The van der Waals surface area contributed by atoms with Crippen molar-refractivity contribution in [2.75, 3.05) is 43.0 Å². The predicted molar refractivity (Wildman–Crippen MR) is 242 cm³/mol. The van der Waals surface area contributed by atoms with Crippen LogP contribution in [0.15, 0.2) is 124 Å². The SMILES string of the molecule is CN(C)CC[C@H](CSc1ccccc1)Nc1ccc(S(=O)(=O)Nc2ncnc3c2CCN(C2CCC(=Cc4ccccc4-c4ccc(Cl)cc4)CC2)C3)cc1S(=O)(=O)C(F)(F)F. The van der Waals surface area contributed by atoms with Gasteiger partial charge in [0.15, 0.2) is 0 Å². The van der Waals surface area contributed by atoms with Crippen molar-refractivity contribution in [1.29, 1.82) is 0 Å². The molecule has 7 rings (SSSR count). The van der Waals surface area contributed by atoms with Crippen molar-refractivity contribution in [2.24, 2.45) is 0 Å². The van der Waals surface area contributed by atoms with E-state index in [2.05, 4.69) is 43.1 Å². The van der Waals surface area contributed by atoms with E-state index in [0.29, 0.717) is 66.6 Å². The summed E-state index contributed by atoms with van der Waals surface area (Å²) in [5, 5.41) is 3.69. The van der Waals surface area contributed by atoms with E-state index in [1.807, 2.05) is 85.7 Å². The lowest BCUT2D eigenvalue weighted by molar-refractivity contribution is -0.0435. The van der Waals surface area contributed by atoms with Crippen LogP contribution in [0.3, 0.4) is 0 Å². The van der Waals surface area contributed by atoms with E-state index >= 15 is 0 Å². The second-order valence-electron chi connectivity index (χ2n) is 15.8.